The van der Waals surface area contributed by atoms with Crippen LogP contribution in [-0.4, -0.2) is 25.7 Å². The quantitative estimate of drug-likeness (QED) is 0.849. The highest BCUT2D eigenvalue weighted by Crippen LogP contribution is 2.23. The summed E-state index contributed by atoms with van der Waals surface area (Å²) < 4.78 is 2.06. The Morgan fingerprint density at radius 2 is 2.44 bits per heavy atom. The predicted molar refractivity (Wildman–Crippen MR) is 63.8 cm³/mol. The first-order valence-electron chi connectivity index (χ1n) is 5.85. The van der Waals surface area contributed by atoms with E-state index in [1.165, 1.54) is 6.20 Å². The van der Waals surface area contributed by atoms with Crippen LogP contribution >= 0.6 is 0 Å². The Hall–Kier alpha value is -2.24. The van der Waals surface area contributed by atoms with Crippen molar-refractivity contribution in [1.82, 2.24) is 25.1 Å². The first kappa shape index (κ1) is 10.9. The molecule has 1 atom stereocenters. The summed E-state index contributed by atoms with van der Waals surface area (Å²) in [5.41, 5.74) is 1.27. The second kappa shape index (κ2) is 4.21. The largest absolute Gasteiger partial charge is 0.342 e. The molecule has 3 heterocycles. The van der Waals surface area contributed by atoms with Gasteiger partial charge in [0.1, 0.15) is 5.82 Å². The maximum Gasteiger partial charge on any atom is 0.253 e. The Morgan fingerprint density at radius 1 is 1.56 bits per heavy atom. The van der Waals surface area contributed by atoms with Crippen LogP contribution in [0.1, 0.15) is 34.3 Å². The molecule has 1 aliphatic heterocycles. The van der Waals surface area contributed by atoms with Crippen molar-refractivity contribution in [3.63, 3.8) is 0 Å². The van der Waals surface area contributed by atoms with E-state index in [4.69, 9.17) is 0 Å². The van der Waals surface area contributed by atoms with E-state index in [-0.39, 0.29) is 11.9 Å². The average molecular weight is 243 g/mol. The summed E-state index contributed by atoms with van der Waals surface area (Å²) in [6.07, 6.45) is 6.04. The Kier molecular flexibility index (Phi) is 2.55. The van der Waals surface area contributed by atoms with Gasteiger partial charge < -0.3 is 9.88 Å². The minimum absolute atomic E-state index is 0.0130. The predicted octanol–water partition coefficient (Wildman–Crippen LogP) is 0.856. The van der Waals surface area contributed by atoms with E-state index in [2.05, 4.69) is 25.1 Å². The van der Waals surface area contributed by atoms with E-state index in [0.717, 1.165) is 24.5 Å². The maximum absolute atomic E-state index is 12.1. The van der Waals surface area contributed by atoms with E-state index in [9.17, 15) is 4.79 Å². The van der Waals surface area contributed by atoms with Gasteiger partial charge in [-0.05, 0) is 19.4 Å². The molecule has 0 radical (unpaired) electrons. The number of rotatable bonds is 2. The molecule has 0 bridgehead atoms. The summed E-state index contributed by atoms with van der Waals surface area (Å²) >= 11 is 0. The molecule has 0 aliphatic carbocycles. The fourth-order valence-corrected chi connectivity index (χ4v) is 2.19. The van der Waals surface area contributed by atoms with Crippen molar-refractivity contribution in [2.24, 2.45) is 0 Å². The highest BCUT2D eigenvalue weighted by molar-refractivity contribution is 5.94. The first-order chi connectivity index (χ1) is 8.74. The van der Waals surface area contributed by atoms with Crippen LogP contribution in [0.5, 0.6) is 0 Å². The van der Waals surface area contributed by atoms with E-state index in [1.807, 2.05) is 13.1 Å². The van der Waals surface area contributed by atoms with E-state index in [1.54, 1.807) is 12.3 Å². The molecule has 0 saturated heterocycles. The molecular formula is C12H13N5O. The van der Waals surface area contributed by atoms with Crippen LogP contribution in [0.25, 0.3) is 0 Å². The number of nitrogens with one attached hydrogen (secondary N) is 1. The summed E-state index contributed by atoms with van der Waals surface area (Å²) in [4.78, 5) is 16.3. The fourth-order valence-electron chi connectivity index (χ4n) is 2.19. The third-order valence-corrected chi connectivity index (χ3v) is 3.06. The molecule has 2 aromatic rings. The Bertz CT molecular complexity index is 592. The van der Waals surface area contributed by atoms with Gasteiger partial charge in [0.05, 0.1) is 23.5 Å². The molecule has 6 heteroatoms. The van der Waals surface area contributed by atoms with Crippen molar-refractivity contribution in [1.29, 1.82) is 0 Å². The maximum atomic E-state index is 12.1. The molecule has 6 nitrogen and oxygen atoms in total. The Balaban J connectivity index is 1.76. The third kappa shape index (κ3) is 1.85. The second-order valence-corrected chi connectivity index (χ2v) is 4.38. The number of aromatic nitrogens is 4. The van der Waals surface area contributed by atoms with Gasteiger partial charge in [-0.25, -0.2) is 4.98 Å². The summed E-state index contributed by atoms with van der Waals surface area (Å²) in [5.74, 6) is 0.788. The first-order valence-corrected chi connectivity index (χ1v) is 5.85. The van der Waals surface area contributed by atoms with Crippen LogP contribution in [-0.2, 0) is 6.54 Å². The minimum Gasteiger partial charge on any atom is -0.342 e. The Morgan fingerprint density at radius 3 is 3.28 bits per heavy atom. The molecule has 0 spiro atoms. The van der Waals surface area contributed by atoms with Crippen LogP contribution in [0, 0.1) is 6.92 Å². The van der Waals surface area contributed by atoms with Gasteiger partial charge in [-0.1, -0.05) is 0 Å². The van der Waals surface area contributed by atoms with Crippen molar-refractivity contribution >= 4 is 5.91 Å². The molecule has 1 amide bonds. The number of aryl methyl sites for hydroxylation is 2. The van der Waals surface area contributed by atoms with Crippen molar-refractivity contribution in [2.45, 2.75) is 25.9 Å². The van der Waals surface area contributed by atoms with Gasteiger partial charge >= 0.3 is 0 Å². The zero-order chi connectivity index (χ0) is 12.5. The summed E-state index contributed by atoms with van der Waals surface area (Å²) in [6.45, 7) is 2.71. The monoisotopic (exact) mass is 243 g/mol. The summed E-state index contributed by atoms with van der Waals surface area (Å²) in [7, 11) is 0. The van der Waals surface area contributed by atoms with Gasteiger partial charge in [-0.3, -0.25) is 4.79 Å². The normalized spacial score (nSPS) is 17.5. The van der Waals surface area contributed by atoms with Gasteiger partial charge in [0.2, 0.25) is 0 Å². The van der Waals surface area contributed by atoms with Crippen LogP contribution in [0.3, 0.4) is 0 Å². The van der Waals surface area contributed by atoms with E-state index < -0.39 is 0 Å². The standard InChI is InChI=1S/C12H13N5O/c1-8-6-9(7-14-16-8)12(18)15-10-2-4-17-5-3-13-11(10)17/h3,5-7,10H,2,4H2,1H3,(H,15,18). The van der Waals surface area contributed by atoms with Gasteiger partial charge in [0, 0.05) is 18.9 Å². The lowest BCUT2D eigenvalue weighted by molar-refractivity contribution is 0.0935. The van der Waals surface area contributed by atoms with Gasteiger partial charge in [-0.15, -0.1) is 0 Å². The minimum atomic E-state index is -0.130. The molecular weight excluding hydrogens is 230 g/mol. The van der Waals surface area contributed by atoms with Gasteiger partial charge in [-0.2, -0.15) is 10.2 Å². The number of imidazole rings is 1. The highest BCUT2D eigenvalue weighted by atomic mass is 16.1. The topological polar surface area (TPSA) is 72.7 Å². The summed E-state index contributed by atoms with van der Waals surface area (Å²) in [5, 5.41) is 10.6. The fraction of sp³-hybridized carbons (Fsp3) is 0.333. The van der Waals surface area contributed by atoms with Gasteiger partial charge in [0.25, 0.3) is 5.91 Å². The molecule has 1 unspecified atom stereocenters. The Labute approximate surface area is 104 Å². The highest BCUT2D eigenvalue weighted by Gasteiger charge is 2.25. The summed E-state index contributed by atoms with van der Waals surface area (Å²) in [6, 6.07) is 1.71. The molecule has 92 valence electrons. The number of nitrogens with zero attached hydrogens (tertiary/aromatic N) is 4. The smallest absolute Gasteiger partial charge is 0.253 e. The van der Waals surface area contributed by atoms with Crippen LogP contribution in [0.15, 0.2) is 24.7 Å². The average Bonchev–Trinajstić information content (AvgIpc) is 2.94. The van der Waals surface area contributed by atoms with Crippen LogP contribution in [0.2, 0.25) is 0 Å². The van der Waals surface area contributed by atoms with Crippen LogP contribution in [0.4, 0.5) is 0 Å². The van der Waals surface area contributed by atoms with Crippen molar-refractivity contribution in [2.75, 3.05) is 0 Å². The van der Waals surface area contributed by atoms with Crippen LogP contribution < -0.4 is 5.32 Å². The zero-order valence-corrected chi connectivity index (χ0v) is 10.00. The lowest BCUT2D eigenvalue weighted by Gasteiger charge is -2.11. The lowest BCUT2D eigenvalue weighted by atomic mass is 10.2. The van der Waals surface area contributed by atoms with Crippen molar-refractivity contribution in [3.8, 4) is 0 Å². The molecule has 0 saturated carbocycles. The molecule has 1 aliphatic rings. The molecule has 1 N–H and O–H groups in total. The molecule has 3 rings (SSSR count). The number of hydrogen-bond donors (Lipinski definition) is 1. The SMILES string of the molecule is Cc1cc(C(=O)NC2CCn3ccnc32)cnn1. The molecule has 0 fully saturated rings. The molecule has 0 aromatic carbocycles. The number of carbonyl (C=O) groups is 1. The zero-order valence-electron chi connectivity index (χ0n) is 10.00. The number of fused-ring (bicyclic) bond motifs is 1. The lowest BCUT2D eigenvalue weighted by Crippen LogP contribution is -2.27. The number of hydrogen-bond acceptors (Lipinski definition) is 4. The van der Waals surface area contributed by atoms with E-state index >= 15 is 0 Å². The van der Waals surface area contributed by atoms with E-state index in [0.29, 0.717) is 5.56 Å². The van der Waals surface area contributed by atoms with Crippen molar-refractivity contribution in [3.05, 3.63) is 41.7 Å². The number of amides is 1. The third-order valence-electron chi connectivity index (χ3n) is 3.06. The van der Waals surface area contributed by atoms with Gasteiger partial charge in [0.15, 0.2) is 0 Å². The molecule has 2 aromatic heterocycles. The molecule has 18 heavy (non-hydrogen) atoms. The number of carbonyl (C=O) groups excluding carboxylic acids is 1. The van der Waals surface area contributed by atoms with Crippen molar-refractivity contribution < 1.29 is 4.79 Å². The second-order valence-electron chi connectivity index (χ2n) is 4.38.